The molecule has 0 bridgehead atoms. The fraction of sp³-hybridized carbons (Fsp3) is 0.424. The molecule has 0 N–H and O–H groups in total. The highest BCUT2D eigenvalue weighted by molar-refractivity contribution is 5.95. The molecule has 2 aromatic carbocycles. The lowest BCUT2D eigenvalue weighted by molar-refractivity contribution is 0.0542. The van der Waals surface area contributed by atoms with Crippen LogP contribution in [-0.4, -0.2) is 57.7 Å². The number of aromatic nitrogens is 3. The molecule has 1 fully saturated rings. The summed E-state index contributed by atoms with van der Waals surface area (Å²) >= 11 is 0. The number of benzene rings is 2. The molecule has 4 aromatic rings. The number of aryl methyl sites for hydroxylation is 2. The highest BCUT2D eigenvalue weighted by atomic mass is 16.6. The number of likely N-dealkylation sites (tertiary alicyclic amines) is 1. The van der Waals surface area contributed by atoms with Crippen molar-refractivity contribution in [2.45, 2.75) is 64.6 Å². The van der Waals surface area contributed by atoms with Gasteiger partial charge in [-0.2, -0.15) is 5.10 Å². The van der Waals surface area contributed by atoms with Crippen LogP contribution >= 0.6 is 0 Å². The van der Waals surface area contributed by atoms with Crippen LogP contribution in [0.4, 0.5) is 4.79 Å². The van der Waals surface area contributed by atoms with Crippen molar-refractivity contribution in [2.75, 3.05) is 20.8 Å². The van der Waals surface area contributed by atoms with Gasteiger partial charge in [-0.1, -0.05) is 12.1 Å². The zero-order valence-corrected chi connectivity index (χ0v) is 25.5. The van der Waals surface area contributed by atoms with Crippen molar-refractivity contribution in [2.24, 2.45) is 7.05 Å². The van der Waals surface area contributed by atoms with Crippen molar-refractivity contribution >= 4 is 23.0 Å². The van der Waals surface area contributed by atoms with E-state index in [9.17, 15) is 9.59 Å². The van der Waals surface area contributed by atoms with Gasteiger partial charge in [0, 0.05) is 48.9 Å². The molecule has 1 aliphatic heterocycles. The molecular weight excluding hydrogens is 532 g/mol. The summed E-state index contributed by atoms with van der Waals surface area (Å²) in [6, 6.07) is 13.8. The number of esters is 1. The first kappa shape index (κ1) is 29.4. The number of ether oxygens (including phenoxy) is 3. The second-order valence-corrected chi connectivity index (χ2v) is 12.0. The Morgan fingerprint density at radius 1 is 1.05 bits per heavy atom. The minimum atomic E-state index is -0.606. The Bertz CT molecular complexity index is 1600. The molecule has 1 saturated heterocycles. The zero-order valence-electron chi connectivity index (χ0n) is 25.5. The molecule has 42 heavy (non-hydrogen) atoms. The summed E-state index contributed by atoms with van der Waals surface area (Å²) in [5.74, 6) is 0.740. The molecular formula is C33H40N4O5. The third kappa shape index (κ3) is 5.92. The lowest BCUT2D eigenvalue weighted by Gasteiger charge is -2.40. The van der Waals surface area contributed by atoms with Crippen LogP contribution < -0.4 is 4.74 Å². The number of carbonyl (C=O) groups excluding carboxylic acids is 2. The van der Waals surface area contributed by atoms with E-state index in [0.29, 0.717) is 18.0 Å². The van der Waals surface area contributed by atoms with Crippen molar-refractivity contribution in [1.29, 1.82) is 0 Å². The Morgan fingerprint density at radius 3 is 2.40 bits per heavy atom. The lowest BCUT2D eigenvalue weighted by Crippen LogP contribution is -2.36. The molecule has 5 rings (SSSR count). The quantitative estimate of drug-likeness (QED) is 0.248. The fourth-order valence-electron chi connectivity index (χ4n) is 6.00. The molecule has 2 atom stereocenters. The highest BCUT2D eigenvalue weighted by Crippen LogP contribution is 2.42. The number of rotatable bonds is 6. The molecule has 0 radical (unpaired) electrons. The van der Waals surface area contributed by atoms with Gasteiger partial charge >= 0.3 is 12.1 Å². The third-order valence-electron chi connectivity index (χ3n) is 7.98. The Morgan fingerprint density at radius 2 is 1.79 bits per heavy atom. The van der Waals surface area contributed by atoms with E-state index in [1.165, 1.54) is 7.11 Å². The largest absolute Gasteiger partial charge is 0.496 e. The molecule has 0 aliphatic carbocycles. The number of fused-ring (bicyclic) bond motifs is 1. The Kier molecular flexibility index (Phi) is 8.14. The smallest absolute Gasteiger partial charge is 0.419 e. The van der Waals surface area contributed by atoms with Crippen LogP contribution in [0.3, 0.4) is 0 Å². The second-order valence-electron chi connectivity index (χ2n) is 12.0. The fourth-order valence-corrected chi connectivity index (χ4v) is 6.00. The topological polar surface area (TPSA) is 87.8 Å². The summed E-state index contributed by atoms with van der Waals surface area (Å²) < 4.78 is 20.0. The van der Waals surface area contributed by atoms with Gasteiger partial charge in [0.25, 0.3) is 0 Å². The Hall–Kier alpha value is -4.11. The predicted molar refractivity (Wildman–Crippen MR) is 161 cm³/mol. The Labute approximate surface area is 247 Å². The maximum Gasteiger partial charge on any atom is 0.419 e. The first-order valence-corrected chi connectivity index (χ1v) is 14.3. The van der Waals surface area contributed by atoms with Crippen LogP contribution in [0.1, 0.15) is 78.3 Å². The summed E-state index contributed by atoms with van der Waals surface area (Å²) in [7, 11) is 5.02. The van der Waals surface area contributed by atoms with E-state index in [4.69, 9.17) is 19.3 Å². The number of nitrogens with zero attached hydrogens (tertiary/aromatic N) is 4. The maximum absolute atomic E-state index is 13.1. The van der Waals surface area contributed by atoms with Crippen LogP contribution in [0.25, 0.3) is 10.9 Å². The van der Waals surface area contributed by atoms with Gasteiger partial charge < -0.3 is 14.2 Å². The van der Waals surface area contributed by atoms with E-state index in [0.717, 1.165) is 58.4 Å². The van der Waals surface area contributed by atoms with E-state index in [1.54, 1.807) is 17.9 Å². The summed E-state index contributed by atoms with van der Waals surface area (Å²) in [4.78, 5) is 27.7. The van der Waals surface area contributed by atoms with Crippen molar-refractivity contribution in [3.63, 3.8) is 0 Å². The molecule has 3 heterocycles. The SMILES string of the molecule is COC(=O)c1ccc([C@@H]2CC(c3ccn(C)n3)CCN2Cc2c(OC)cc(C)c3c2ccn3C(=O)OC(C)(C)C)cc1. The van der Waals surface area contributed by atoms with Gasteiger partial charge in [0.15, 0.2) is 0 Å². The summed E-state index contributed by atoms with van der Waals surface area (Å²) in [5.41, 5.74) is 4.91. The van der Waals surface area contributed by atoms with Gasteiger partial charge in [0.1, 0.15) is 11.4 Å². The van der Waals surface area contributed by atoms with E-state index in [1.807, 2.05) is 82.0 Å². The minimum Gasteiger partial charge on any atom is -0.496 e. The monoisotopic (exact) mass is 572 g/mol. The molecule has 1 unspecified atom stereocenters. The molecule has 9 nitrogen and oxygen atoms in total. The normalized spacial score (nSPS) is 17.8. The van der Waals surface area contributed by atoms with Gasteiger partial charge in [0.05, 0.1) is 31.0 Å². The molecule has 0 amide bonds. The number of hydrogen-bond acceptors (Lipinski definition) is 7. The molecule has 9 heteroatoms. The van der Waals surface area contributed by atoms with Crippen LogP contribution in [0.15, 0.2) is 54.9 Å². The lowest BCUT2D eigenvalue weighted by atomic mass is 9.84. The number of hydrogen-bond donors (Lipinski definition) is 0. The Balaban J connectivity index is 1.53. The van der Waals surface area contributed by atoms with Crippen molar-refractivity contribution in [3.8, 4) is 5.75 Å². The maximum atomic E-state index is 13.1. The summed E-state index contributed by atoms with van der Waals surface area (Å²) in [6.45, 7) is 9.05. The van der Waals surface area contributed by atoms with Gasteiger partial charge in [-0.25, -0.2) is 9.59 Å². The van der Waals surface area contributed by atoms with E-state index in [2.05, 4.69) is 11.0 Å². The average Bonchev–Trinajstić information content (AvgIpc) is 3.60. The molecule has 0 saturated carbocycles. The minimum absolute atomic E-state index is 0.0754. The average molecular weight is 573 g/mol. The summed E-state index contributed by atoms with van der Waals surface area (Å²) in [5, 5.41) is 5.68. The molecule has 1 aliphatic rings. The molecule has 222 valence electrons. The van der Waals surface area contributed by atoms with Crippen LogP contribution in [0, 0.1) is 6.92 Å². The van der Waals surface area contributed by atoms with Gasteiger partial charge in [0.2, 0.25) is 0 Å². The van der Waals surface area contributed by atoms with E-state index >= 15 is 0 Å². The number of piperidine rings is 1. The first-order valence-electron chi connectivity index (χ1n) is 14.3. The predicted octanol–water partition coefficient (Wildman–Crippen LogP) is 6.38. The number of carbonyl (C=O) groups is 2. The van der Waals surface area contributed by atoms with Gasteiger partial charge in [-0.15, -0.1) is 0 Å². The zero-order chi connectivity index (χ0) is 30.2. The van der Waals surface area contributed by atoms with Gasteiger partial charge in [-0.3, -0.25) is 14.1 Å². The van der Waals surface area contributed by atoms with Crippen molar-refractivity contribution in [3.05, 3.63) is 82.8 Å². The molecule has 2 aromatic heterocycles. The van der Waals surface area contributed by atoms with E-state index < -0.39 is 11.7 Å². The molecule has 0 spiro atoms. The van der Waals surface area contributed by atoms with Crippen molar-refractivity contribution in [1.82, 2.24) is 19.2 Å². The van der Waals surface area contributed by atoms with Crippen molar-refractivity contribution < 1.29 is 23.8 Å². The van der Waals surface area contributed by atoms with Gasteiger partial charge in [-0.05, 0) is 88.5 Å². The summed E-state index contributed by atoms with van der Waals surface area (Å²) in [6.07, 6.45) is 5.21. The van der Waals surface area contributed by atoms with E-state index in [-0.39, 0.29) is 12.0 Å². The highest BCUT2D eigenvalue weighted by Gasteiger charge is 2.33. The third-order valence-corrected chi connectivity index (χ3v) is 7.98. The second kappa shape index (κ2) is 11.6. The number of methoxy groups -OCH3 is 2. The van der Waals surface area contributed by atoms with Crippen LogP contribution in [0.2, 0.25) is 0 Å². The standard InChI is InChI=1S/C33H40N4O5/c1-21-18-29(40-6)26(25-13-17-37(30(21)25)32(39)42-33(2,3)4)20-36-16-12-24(27-14-15-35(5)34-27)19-28(36)22-8-10-23(11-9-22)31(38)41-7/h8-11,13-15,17-18,24,28H,12,16,19-20H2,1-7H3/t24?,28-/m0/s1. The van der Waals surface area contributed by atoms with Crippen LogP contribution in [-0.2, 0) is 23.1 Å². The first-order chi connectivity index (χ1) is 20.0. The van der Waals surface area contributed by atoms with Crippen LogP contribution in [0.5, 0.6) is 5.75 Å².